The van der Waals surface area contributed by atoms with Crippen LogP contribution in [0, 0.1) is 5.82 Å². The Morgan fingerprint density at radius 1 is 0.865 bits per heavy atom. The Hall–Kier alpha value is -4.53. The number of anilines is 2. The third-order valence-electron chi connectivity index (χ3n) is 6.92. The molecule has 1 saturated heterocycles. The molecule has 186 valence electrons. The van der Waals surface area contributed by atoms with E-state index in [1.54, 1.807) is 16.8 Å². The molecular weight excluding hydrogens is 469 g/mol. The van der Waals surface area contributed by atoms with Gasteiger partial charge in [-0.25, -0.2) is 4.39 Å². The summed E-state index contributed by atoms with van der Waals surface area (Å²) in [6, 6.07) is 26.4. The van der Waals surface area contributed by atoms with Gasteiger partial charge in [-0.2, -0.15) is 4.68 Å². The first-order chi connectivity index (χ1) is 18.2. The Kier molecular flexibility index (Phi) is 6.10. The summed E-state index contributed by atoms with van der Waals surface area (Å²) in [5.74, 6) is 0.292. The number of hydrogen-bond acceptors (Lipinski definition) is 6. The third-order valence-corrected chi connectivity index (χ3v) is 6.92. The fourth-order valence-corrected chi connectivity index (χ4v) is 4.97. The summed E-state index contributed by atoms with van der Waals surface area (Å²) in [4.78, 5) is 19.5. The van der Waals surface area contributed by atoms with Crippen LogP contribution in [0.15, 0.2) is 91.0 Å². The maximum Gasteiger partial charge on any atom is 0.251 e. The van der Waals surface area contributed by atoms with Gasteiger partial charge in [0.05, 0.1) is 5.70 Å². The molecule has 6 rings (SSSR count). The average Bonchev–Trinajstić information content (AvgIpc) is 3.45. The van der Waals surface area contributed by atoms with E-state index in [2.05, 4.69) is 38.6 Å². The van der Waals surface area contributed by atoms with Crippen molar-refractivity contribution in [1.82, 2.24) is 25.1 Å². The first-order valence-corrected chi connectivity index (χ1v) is 12.3. The largest absolute Gasteiger partial charge is 0.368 e. The third kappa shape index (κ3) is 4.55. The zero-order valence-corrected chi connectivity index (χ0v) is 20.2. The van der Waals surface area contributed by atoms with Gasteiger partial charge in [-0.15, -0.1) is 0 Å². The number of carbonyl (C=O) groups is 1. The Morgan fingerprint density at radius 2 is 1.54 bits per heavy atom. The molecule has 4 aromatic rings. The average molecular weight is 496 g/mol. The van der Waals surface area contributed by atoms with Gasteiger partial charge >= 0.3 is 0 Å². The van der Waals surface area contributed by atoms with Gasteiger partial charge < -0.3 is 9.80 Å². The molecule has 1 aromatic heterocycles. The lowest BCUT2D eigenvalue weighted by atomic mass is 10.0. The van der Waals surface area contributed by atoms with Crippen molar-refractivity contribution in [2.45, 2.75) is 6.04 Å². The van der Waals surface area contributed by atoms with Crippen LogP contribution in [0.5, 0.6) is 0 Å². The van der Waals surface area contributed by atoms with Crippen molar-refractivity contribution in [2.24, 2.45) is 0 Å². The first kappa shape index (κ1) is 22.9. The second kappa shape index (κ2) is 9.85. The Labute approximate surface area is 214 Å². The molecule has 3 heterocycles. The molecule has 1 amide bonds. The zero-order valence-electron chi connectivity index (χ0n) is 20.2. The van der Waals surface area contributed by atoms with Gasteiger partial charge in [0, 0.05) is 31.9 Å². The normalized spacial score (nSPS) is 17.4. The Bertz CT molecular complexity index is 1400. The lowest BCUT2D eigenvalue weighted by Gasteiger charge is -2.38. The monoisotopic (exact) mass is 495 g/mol. The van der Waals surface area contributed by atoms with Crippen LogP contribution in [0.3, 0.4) is 0 Å². The number of carbonyl (C=O) groups excluding carboxylic acids is 1. The number of benzene rings is 3. The predicted molar refractivity (Wildman–Crippen MR) is 139 cm³/mol. The number of halogens is 1. The van der Waals surface area contributed by atoms with Crippen molar-refractivity contribution in [3.63, 3.8) is 0 Å². The molecular formula is C28H26FN7O. The van der Waals surface area contributed by atoms with Gasteiger partial charge in [0.2, 0.25) is 5.91 Å². The topological polar surface area (TPSA) is 70.4 Å². The highest BCUT2D eigenvalue weighted by atomic mass is 19.1. The quantitative estimate of drug-likeness (QED) is 0.421. The van der Waals surface area contributed by atoms with Crippen LogP contribution in [0.4, 0.5) is 16.0 Å². The fourth-order valence-electron chi connectivity index (χ4n) is 4.97. The van der Waals surface area contributed by atoms with Crippen molar-refractivity contribution in [1.29, 1.82) is 0 Å². The summed E-state index contributed by atoms with van der Waals surface area (Å²) >= 11 is 0. The van der Waals surface area contributed by atoms with Gasteiger partial charge in [0.1, 0.15) is 18.4 Å². The lowest BCUT2D eigenvalue weighted by molar-refractivity contribution is -0.129. The number of tetrazole rings is 1. The van der Waals surface area contributed by atoms with Gasteiger partial charge in [0.15, 0.2) is 0 Å². The molecule has 37 heavy (non-hydrogen) atoms. The number of rotatable bonds is 5. The maximum absolute atomic E-state index is 13.5. The SMILES string of the molecule is O=C(CN1C(c2ccccc2)=C[C@H](c2ccccc2)n2nnnc21)N1CCN(c2ccc(F)cc2)CC1. The van der Waals surface area contributed by atoms with Crippen LogP contribution < -0.4 is 9.80 Å². The van der Waals surface area contributed by atoms with Crippen LogP contribution in [0.25, 0.3) is 5.70 Å². The second-order valence-electron chi connectivity index (χ2n) is 9.13. The molecule has 8 nitrogen and oxygen atoms in total. The smallest absolute Gasteiger partial charge is 0.251 e. The van der Waals surface area contributed by atoms with E-state index in [-0.39, 0.29) is 24.3 Å². The molecule has 0 bridgehead atoms. The number of piperazine rings is 1. The second-order valence-corrected chi connectivity index (χ2v) is 9.13. The van der Waals surface area contributed by atoms with Crippen LogP contribution in [0.2, 0.25) is 0 Å². The van der Waals surface area contributed by atoms with Crippen LogP contribution in [-0.2, 0) is 4.79 Å². The highest BCUT2D eigenvalue weighted by molar-refractivity contribution is 5.89. The van der Waals surface area contributed by atoms with E-state index in [1.807, 2.05) is 58.3 Å². The molecule has 0 N–H and O–H groups in total. The van der Waals surface area contributed by atoms with Gasteiger partial charge in [-0.05, 0) is 51.9 Å². The number of amides is 1. The maximum atomic E-state index is 13.5. The van der Waals surface area contributed by atoms with Crippen molar-refractivity contribution in [3.8, 4) is 0 Å². The van der Waals surface area contributed by atoms with Crippen LogP contribution in [-0.4, -0.2) is 63.7 Å². The number of aromatic nitrogens is 4. The van der Waals surface area contributed by atoms with Gasteiger partial charge in [0.25, 0.3) is 5.95 Å². The summed E-state index contributed by atoms with van der Waals surface area (Å²) in [5.41, 5.74) is 3.92. The van der Waals surface area contributed by atoms with E-state index in [0.717, 1.165) is 22.5 Å². The summed E-state index contributed by atoms with van der Waals surface area (Å²) in [5, 5.41) is 12.6. The molecule has 0 unspecified atom stereocenters. The van der Waals surface area contributed by atoms with E-state index in [9.17, 15) is 9.18 Å². The van der Waals surface area contributed by atoms with Gasteiger partial charge in [-0.1, -0.05) is 65.8 Å². The highest BCUT2D eigenvalue weighted by Crippen LogP contribution is 2.36. The molecule has 0 saturated carbocycles. The summed E-state index contributed by atoms with van der Waals surface area (Å²) in [6.07, 6.45) is 2.12. The number of allylic oxidation sites excluding steroid dienone is 1. The summed E-state index contributed by atoms with van der Waals surface area (Å²) in [6.45, 7) is 2.68. The molecule has 0 aliphatic carbocycles. The molecule has 2 aliphatic rings. The molecule has 3 aromatic carbocycles. The van der Waals surface area contributed by atoms with E-state index < -0.39 is 0 Å². The van der Waals surface area contributed by atoms with Crippen molar-refractivity contribution >= 4 is 23.2 Å². The van der Waals surface area contributed by atoms with Crippen molar-refractivity contribution in [3.05, 3.63) is 108 Å². The molecule has 2 aliphatic heterocycles. The summed E-state index contributed by atoms with van der Waals surface area (Å²) in [7, 11) is 0. The lowest BCUT2D eigenvalue weighted by Crippen LogP contribution is -2.51. The van der Waals surface area contributed by atoms with Crippen molar-refractivity contribution in [2.75, 3.05) is 42.5 Å². The molecule has 0 spiro atoms. The predicted octanol–water partition coefficient (Wildman–Crippen LogP) is 3.61. The van der Waals surface area contributed by atoms with Crippen molar-refractivity contribution < 1.29 is 9.18 Å². The number of nitrogens with zero attached hydrogens (tertiary/aromatic N) is 7. The fraction of sp³-hybridized carbons (Fsp3) is 0.214. The summed E-state index contributed by atoms with van der Waals surface area (Å²) < 4.78 is 15.1. The molecule has 1 atom stereocenters. The van der Waals surface area contributed by atoms with Crippen LogP contribution >= 0.6 is 0 Å². The molecule has 0 radical (unpaired) electrons. The minimum Gasteiger partial charge on any atom is -0.368 e. The minimum absolute atomic E-state index is 0.00768. The Balaban J connectivity index is 1.25. The number of hydrogen-bond donors (Lipinski definition) is 0. The van der Waals surface area contributed by atoms with Crippen LogP contribution in [0.1, 0.15) is 17.2 Å². The zero-order chi connectivity index (χ0) is 25.2. The van der Waals surface area contributed by atoms with E-state index in [0.29, 0.717) is 32.1 Å². The van der Waals surface area contributed by atoms with E-state index in [4.69, 9.17) is 0 Å². The van der Waals surface area contributed by atoms with Gasteiger partial charge in [-0.3, -0.25) is 9.69 Å². The van der Waals surface area contributed by atoms with E-state index >= 15 is 0 Å². The molecule has 1 fully saturated rings. The highest BCUT2D eigenvalue weighted by Gasteiger charge is 2.33. The molecule has 9 heteroatoms. The standard InChI is InChI=1S/C28H26FN7O/c29-23-11-13-24(14-12-23)33-15-17-34(18-16-33)27(37)20-35-25(21-7-3-1-4-8-21)19-26(22-9-5-2-6-10-22)36-28(35)30-31-32-36/h1-14,19,26H,15-18,20H2/t26-/m1/s1. The number of fused-ring (bicyclic) bond motifs is 1. The minimum atomic E-state index is -0.252. The Morgan fingerprint density at radius 3 is 2.24 bits per heavy atom. The van der Waals surface area contributed by atoms with E-state index in [1.165, 1.54) is 12.1 Å². The first-order valence-electron chi connectivity index (χ1n) is 12.3.